The lowest BCUT2D eigenvalue weighted by molar-refractivity contribution is 0.0697. The van der Waals surface area contributed by atoms with Crippen LogP contribution in [0.2, 0.25) is 5.02 Å². The van der Waals surface area contributed by atoms with E-state index in [1.165, 1.54) is 12.3 Å². The quantitative estimate of drug-likeness (QED) is 0.839. The molecule has 1 aromatic rings. The molecular weight excluding hydrogens is 216 g/mol. The Kier molecular flexibility index (Phi) is 2.77. The zero-order valence-corrected chi connectivity index (χ0v) is 8.87. The normalized spacial score (nSPS) is 15.7. The predicted molar refractivity (Wildman–Crippen MR) is 57.7 cm³/mol. The molecular formula is C10H11ClN2O2. The van der Waals surface area contributed by atoms with E-state index in [4.69, 9.17) is 16.7 Å². The van der Waals surface area contributed by atoms with Gasteiger partial charge in [0.25, 0.3) is 0 Å². The molecule has 0 atom stereocenters. The standard InChI is InChI=1S/C10H11ClN2O2/c11-8-6-12-9(5-7(8)10(14)15)13-3-1-2-4-13/h5-6H,1-4H2,(H,14,15). The van der Waals surface area contributed by atoms with Crippen molar-refractivity contribution < 1.29 is 9.90 Å². The van der Waals surface area contributed by atoms with Crippen LogP contribution in [0.25, 0.3) is 0 Å². The highest BCUT2D eigenvalue weighted by molar-refractivity contribution is 6.33. The summed E-state index contributed by atoms with van der Waals surface area (Å²) in [7, 11) is 0. The van der Waals surface area contributed by atoms with Crippen molar-refractivity contribution in [3.63, 3.8) is 0 Å². The van der Waals surface area contributed by atoms with Crippen LogP contribution in [-0.2, 0) is 0 Å². The Hall–Kier alpha value is -1.29. The summed E-state index contributed by atoms with van der Waals surface area (Å²) >= 11 is 5.74. The van der Waals surface area contributed by atoms with E-state index < -0.39 is 5.97 Å². The van der Waals surface area contributed by atoms with Crippen molar-refractivity contribution >= 4 is 23.4 Å². The van der Waals surface area contributed by atoms with E-state index in [9.17, 15) is 4.79 Å². The molecule has 1 N–H and O–H groups in total. The molecule has 0 amide bonds. The smallest absolute Gasteiger partial charge is 0.337 e. The van der Waals surface area contributed by atoms with Gasteiger partial charge in [-0.25, -0.2) is 9.78 Å². The minimum Gasteiger partial charge on any atom is -0.478 e. The molecule has 15 heavy (non-hydrogen) atoms. The minimum absolute atomic E-state index is 0.119. The maximum absolute atomic E-state index is 10.9. The van der Waals surface area contributed by atoms with Gasteiger partial charge in [-0.2, -0.15) is 0 Å². The van der Waals surface area contributed by atoms with E-state index in [-0.39, 0.29) is 10.6 Å². The Bertz CT molecular complexity index is 389. The number of pyridine rings is 1. The molecule has 1 saturated heterocycles. The fraction of sp³-hybridized carbons (Fsp3) is 0.400. The average Bonchev–Trinajstić information content (AvgIpc) is 2.71. The molecule has 0 bridgehead atoms. The van der Waals surface area contributed by atoms with Crippen molar-refractivity contribution in [3.8, 4) is 0 Å². The average molecular weight is 227 g/mol. The Labute approximate surface area is 92.5 Å². The number of nitrogens with zero attached hydrogens (tertiary/aromatic N) is 2. The summed E-state index contributed by atoms with van der Waals surface area (Å²) in [4.78, 5) is 17.1. The first-order valence-electron chi connectivity index (χ1n) is 4.82. The van der Waals surface area contributed by atoms with Crippen LogP contribution in [0.3, 0.4) is 0 Å². The minimum atomic E-state index is -1.01. The van der Waals surface area contributed by atoms with E-state index in [1.54, 1.807) is 0 Å². The van der Waals surface area contributed by atoms with Crippen molar-refractivity contribution in [2.45, 2.75) is 12.8 Å². The van der Waals surface area contributed by atoms with Gasteiger partial charge in [0.05, 0.1) is 10.6 Å². The van der Waals surface area contributed by atoms with Crippen LogP contribution in [0.15, 0.2) is 12.3 Å². The van der Waals surface area contributed by atoms with Crippen LogP contribution in [0, 0.1) is 0 Å². The van der Waals surface area contributed by atoms with Gasteiger partial charge in [-0.15, -0.1) is 0 Å². The topological polar surface area (TPSA) is 53.4 Å². The molecule has 2 heterocycles. The molecule has 0 spiro atoms. The first kappa shape index (κ1) is 10.2. The van der Waals surface area contributed by atoms with Crippen LogP contribution < -0.4 is 4.90 Å². The van der Waals surface area contributed by atoms with Gasteiger partial charge >= 0.3 is 5.97 Å². The Morgan fingerprint density at radius 2 is 2.13 bits per heavy atom. The zero-order chi connectivity index (χ0) is 10.8. The fourth-order valence-corrected chi connectivity index (χ4v) is 1.89. The van der Waals surface area contributed by atoms with Gasteiger partial charge in [-0.1, -0.05) is 11.6 Å². The maximum atomic E-state index is 10.9. The molecule has 1 fully saturated rings. The number of rotatable bonds is 2. The van der Waals surface area contributed by atoms with Crippen molar-refractivity contribution in [1.82, 2.24) is 4.98 Å². The molecule has 80 valence electrons. The van der Waals surface area contributed by atoms with E-state index in [0.717, 1.165) is 25.9 Å². The summed E-state index contributed by atoms with van der Waals surface area (Å²) < 4.78 is 0. The second kappa shape index (κ2) is 4.06. The second-order valence-corrected chi connectivity index (χ2v) is 3.93. The number of anilines is 1. The third kappa shape index (κ3) is 2.04. The number of halogens is 1. The van der Waals surface area contributed by atoms with Gasteiger partial charge in [0.1, 0.15) is 5.82 Å². The SMILES string of the molecule is O=C(O)c1cc(N2CCCC2)ncc1Cl. The molecule has 1 aromatic heterocycles. The molecule has 0 unspecified atom stereocenters. The number of carboxylic acid groups (broad SMARTS) is 1. The Morgan fingerprint density at radius 3 is 2.73 bits per heavy atom. The number of hydrogen-bond acceptors (Lipinski definition) is 3. The number of carbonyl (C=O) groups is 1. The summed E-state index contributed by atoms with van der Waals surface area (Å²) in [6, 6.07) is 1.54. The summed E-state index contributed by atoms with van der Waals surface area (Å²) in [5.41, 5.74) is 0.119. The van der Waals surface area contributed by atoms with Crippen LogP contribution in [0.1, 0.15) is 23.2 Å². The Morgan fingerprint density at radius 1 is 1.47 bits per heavy atom. The van der Waals surface area contributed by atoms with Crippen molar-refractivity contribution in [3.05, 3.63) is 22.8 Å². The van der Waals surface area contributed by atoms with E-state index >= 15 is 0 Å². The number of carboxylic acids is 1. The summed E-state index contributed by atoms with van der Waals surface area (Å²) in [5.74, 6) is -0.308. The van der Waals surface area contributed by atoms with Crippen molar-refractivity contribution in [2.75, 3.05) is 18.0 Å². The lowest BCUT2D eigenvalue weighted by Crippen LogP contribution is -2.19. The van der Waals surface area contributed by atoms with Crippen molar-refractivity contribution in [1.29, 1.82) is 0 Å². The lowest BCUT2D eigenvalue weighted by Gasteiger charge is -2.16. The van der Waals surface area contributed by atoms with Crippen LogP contribution in [0.5, 0.6) is 0 Å². The van der Waals surface area contributed by atoms with Crippen LogP contribution in [0.4, 0.5) is 5.82 Å². The fourth-order valence-electron chi connectivity index (χ4n) is 1.71. The molecule has 0 aromatic carbocycles. The molecule has 1 aliphatic rings. The highest BCUT2D eigenvalue weighted by atomic mass is 35.5. The number of hydrogen-bond donors (Lipinski definition) is 1. The van der Waals surface area contributed by atoms with E-state index in [2.05, 4.69) is 9.88 Å². The molecule has 2 rings (SSSR count). The van der Waals surface area contributed by atoms with Gasteiger partial charge in [0.15, 0.2) is 0 Å². The van der Waals surface area contributed by atoms with E-state index in [0.29, 0.717) is 5.82 Å². The predicted octanol–water partition coefficient (Wildman–Crippen LogP) is 2.03. The number of aromatic nitrogens is 1. The molecule has 0 aliphatic carbocycles. The molecule has 0 radical (unpaired) electrons. The second-order valence-electron chi connectivity index (χ2n) is 3.52. The summed E-state index contributed by atoms with van der Waals surface area (Å²) in [6.45, 7) is 1.88. The molecule has 1 aliphatic heterocycles. The van der Waals surface area contributed by atoms with Gasteiger partial charge in [0.2, 0.25) is 0 Å². The van der Waals surface area contributed by atoms with E-state index in [1.807, 2.05) is 0 Å². The first-order chi connectivity index (χ1) is 7.18. The van der Waals surface area contributed by atoms with Gasteiger partial charge < -0.3 is 10.0 Å². The zero-order valence-electron chi connectivity index (χ0n) is 8.11. The first-order valence-corrected chi connectivity index (χ1v) is 5.20. The van der Waals surface area contributed by atoms with Crippen LogP contribution in [-0.4, -0.2) is 29.1 Å². The van der Waals surface area contributed by atoms with Crippen molar-refractivity contribution in [2.24, 2.45) is 0 Å². The number of aromatic carboxylic acids is 1. The molecule has 4 nitrogen and oxygen atoms in total. The molecule has 0 saturated carbocycles. The highest BCUT2D eigenvalue weighted by Gasteiger charge is 2.17. The monoisotopic (exact) mass is 226 g/mol. The largest absolute Gasteiger partial charge is 0.478 e. The van der Waals surface area contributed by atoms with Gasteiger partial charge in [0, 0.05) is 19.3 Å². The lowest BCUT2D eigenvalue weighted by atomic mass is 10.2. The summed E-state index contributed by atoms with van der Waals surface area (Å²) in [5, 5.41) is 9.09. The third-order valence-electron chi connectivity index (χ3n) is 2.50. The summed E-state index contributed by atoms with van der Waals surface area (Å²) in [6.07, 6.45) is 3.66. The Balaban J connectivity index is 2.33. The maximum Gasteiger partial charge on any atom is 0.337 e. The van der Waals surface area contributed by atoms with Gasteiger partial charge in [-0.3, -0.25) is 0 Å². The highest BCUT2D eigenvalue weighted by Crippen LogP contribution is 2.23. The van der Waals surface area contributed by atoms with Crippen LogP contribution >= 0.6 is 11.6 Å². The molecule has 5 heteroatoms. The third-order valence-corrected chi connectivity index (χ3v) is 2.80. The van der Waals surface area contributed by atoms with Gasteiger partial charge in [-0.05, 0) is 18.9 Å².